The van der Waals surface area contributed by atoms with Crippen molar-refractivity contribution in [3.63, 3.8) is 0 Å². The third-order valence-corrected chi connectivity index (χ3v) is 9.29. The molecule has 0 amide bonds. The van der Waals surface area contributed by atoms with Crippen LogP contribution in [0.3, 0.4) is 0 Å². The molecule has 194 valence electrons. The fraction of sp³-hybridized carbons (Fsp3) is 0.407. The number of aryl methyl sites for hydroxylation is 2. The standard InChI is InChI=1S/C27H34F2N4OS2/c1-20-5-6-21(17-30-20)26(2,3)33-16-15-27(19-33,14-13-24-11-12-25(29)35-24)18-31-36(4,34)32-23-9-7-22(28)8-10-23/h5-12,17H,4,13-16,18-19H2,1-3H3,(H2,31,32,34)/t27-,36?/m1/s1. The summed E-state index contributed by atoms with van der Waals surface area (Å²) in [4.78, 5) is 7.95. The molecule has 1 aliphatic rings. The smallest absolute Gasteiger partial charge is 0.176 e. The first-order valence-electron chi connectivity index (χ1n) is 12.0. The quantitative estimate of drug-likeness (QED) is 0.337. The summed E-state index contributed by atoms with van der Waals surface area (Å²) in [5.74, 6) is 3.51. The molecule has 0 radical (unpaired) electrons. The molecule has 0 saturated carbocycles. The molecule has 4 rings (SSSR count). The van der Waals surface area contributed by atoms with Crippen molar-refractivity contribution in [1.29, 1.82) is 0 Å². The van der Waals surface area contributed by atoms with Crippen molar-refractivity contribution in [2.75, 3.05) is 24.4 Å². The summed E-state index contributed by atoms with van der Waals surface area (Å²) >= 11 is 1.18. The van der Waals surface area contributed by atoms with Crippen LogP contribution < -0.4 is 9.44 Å². The SMILES string of the molecule is C=S(=O)(NC[C@@]1(CCc2ccc(F)s2)CCN(C(C)(C)c2ccc(C)nc2)C1)Nc1ccc(F)cc1. The van der Waals surface area contributed by atoms with E-state index < -0.39 is 9.89 Å². The lowest BCUT2D eigenvalue weighted by atomic mass is 9.82. The van der Waals surface area contributed by atoms with Crippen molar-refractivity contribution >= 4 is 32.8 Å². The number of nitrogens with one attached hydrogen (secondary N) is 2. The summed E-state index contributed by atoms with van der Waals surface area (Å²) in [6.07, 6.45) is 4.42. The average molecular weight is 533 g/mol. The van der Waals surface area contributed by atoms with Crippen molar-refractivity contribution in [1.82, 2.24) is 14.6 Å². The Morgan fingerprint density at radius 3 is 2.56 bits per heavy atom. The third kappa shape index (κ3) is 6.51. The second-order valence-electron chi connectivity index (χ2n) is 10.2. The predicted octanol–water partition coefficient (Wildman–Crippen LogP) is 5.54. The van der Waals surface area contributed by atoms with Crippen LogP contribution in [0.25, 0.3) is 0 Å². The number of benzene rings is 1. The van der Waals surface area contributed by atoms with Crippen LogP contribution in [0.4, 0.5) is 14.5 Å². The molecule has 2 atom stereocenters. The van der Waals surface area contributed by atoms with Crippen LogP contribution in [-0.2, 0) is 21.9 Å². The van der Waals surface area contributed by atoms with E-state index in [0.717, 1.165) is 48.5 Å². The number of halogens is 2. The van der Waals surface area contributed by atoms with Gasteiger partial charge >= 0.3 is 0 Å². The number of pyridine rings is 1. The van der Waals surface area contributed by atoms with Gasteiger partial charge in [-0.1, -0.05) is 6.07 Å². The van der Waals surface area contributed by atoms with E-state index in [9.17, 15) is 13.0 Å². The molecule has 0 bridgehead atoms. The maximum atomic E-state index is 13.6. The number of thiophene rings is 1. The van der Waals surface area contributed by atoms with Gasteiger partial charge in [0.2, 0.25) is 0 Å². The van der Waals surface area contributed by atoms with E-state index in [1.807, 2.05) is 25.3 Å². The molecule has 0 spiro atoms. The van der Waals surface area contributed by atoms with Crippen LogP contribution in [0.1, 0.15) is 42.8 Å². The lowest BCUT2D eigenvalue weighted by molar-refractivity contribution is 0.128. The summed E-state index contributed by atoms with van der Waals surface area (Å²) in [6, 6.07) is 13.2. The lowest BCUT2D eigenvalue weighted by Crippen LogP contribution is -2.45. The van der Waals surface area contributed by atoms with Gasteiger partial charge in [0.05, 0.1) is 0 Å². The number of hydrogen-bond acceptors (Lipinski definition) is 4. The Labute approximate surface area is 217 Å². The van der Waals surface area contributed by atoms with Gasteiger partial charge in [0.1, 0.15) is 15.7 Å². The van der Waals surface area contributed by atoms with Gasteiger partial charge in [-0.25, -0.2) is 13.3 Å². The summed E-state index contributed by atoms with van der Waals surface area (Å²) in [5, 5.41) is -0.178. The molecular weight excluding hydrogens is 498 g/mol. The summed E-state index contributed by atoms with van der Waals surface area (Å²) < 4.78 is 46.2. The van der Waals surface area contributed by atoms with Crippen LogP contribution in [0.15, 0.2) is 54.7 Å². The van der Waals surface area contributed by atoms with Crippen LogP contribution in [0, 0.1) is 23.3 Å². The first kappa shape index (κ1) is 26.7. The van der Waals surface area contributed by atoms with Gasteiger partial charge in [-0.3, -0.25) is 9.88 Å². The van der Waals surface area contributed by atoms with Crippen molar-refractivity contribution in [3.05, 3.63) is 81.8 Å². The Balaban J connectivity index is 1.50. The van der Waals surface area contributed by atoms with E-state index in [1.54, 1.807) is 12.1 Å². The molecule has 36 heavy (non-hydrogen) atoms. The highest BCUT2D eigenvalue weighted by Crippen LogP contribution is 2.41. The average Bonchev–Trinajstić information content (AvgIpc) is 3.45. The van der Waals surface area contributed by atoms with Crippen LogP contribution in [0.2, 0.25) is 0 Å². The van der Waals surface area contributed by atoms with Crippen molar-refractivity contribution in [2.24, 2.45) is 5.41 Å². The molecule has 0 aliphatic carbocycles. The second-order valence-corrected chi connectivity index (χ2v) is 13.2. The zero-order chi connectivity index (χ0) is 26.0. The molecule has 1 saturated heterocycles. The van der Waals surface area contributed by atoms with Crippen LogP contribution in [0.5, 0.6) is 0 Å². The summed E-state index contributed by atoms with van der Waals surface area (Å²) in [7, 11) is -2.87. The van der Waals surface area contributed by atoms with Gasteiger partial charge in [0.25, 0.3) is 0 Å². The topological polar surface area (TPSA) is 57.3 Å². The fourth-order valence-corrected chi connectivity index (χ4v) is 6.60. The molecule has 2 aromatic heterocycles. The largest absolute Gasteiger partial charge is 0.301 e. The fourth-order valence-electron chi connectivity index (χ4n) is 4.75. The Bertz CT molecular complexity index is 1270. The second kappa shape index (κ2) is 10.6. The van der Waals surface area contributed by atoms with Gasteiger partial charge in [-0.2, -0.15) is 4.39 Å². The highest BCUT2D eigenvalue weighted by Gasteiger charge is 2.43. The monoisotopic (exact) mass is 532 g/mol. The van der Waals surface area contributed by atoms with E-state index in [1.165, 1.54) is 29.5 Å². The highest BCUT2D eigenvalue weighted by atomic mass is 32.2. The molecule has 5 nitrogen and oxygen atoms in total. The predicted molar refractivity (Wildman–Crippen MR) is 147 cm³/mol. The van der Waals surface area contributed by atoms with E-state index in [-0.39, 0.29) is 21.9 Å². The number of rotatable bonds is 10. The third-order valence-electron chi connectivity index (χ3n) is 7.18. The highest BCUT2D eigenvalue weighted by molar-refractivity contribution is 7.99. The van der Waals surface area contributed by atoms with Crippen LogP contribution in [-0.4, -0.2) is 39.6 Å². The molecule has 9 heteroatoms. The summed E-state index contributed by atoms with van der Waals surface area (Å²) in [6.45, 7) is 8.55. The number of aromatic nitrogens is 1. The Hall–Kier alpha value is -2.33. The molecule has 1 fully saturated rings. The Morgan fingerprint density at radius 1 is 1.17 bits per heavy atom. The minimum atomic E-state index is -2.87. The molecular formula is C27H34F2N4OS2. The van der Waals surface area contributed by atoms with Crippen LogP contribution >= 0.6 is 11.3 Å². The Morgan fingerprint density at radius 2 is 1.92 bits per heavy atom. The Kier molecular flexibility index (Phi) is 7.85. The zero-order valence-electron chi connectivity index (χ0n) is 21.0. The maximum absolute atomic E-state index is 13.6. The first-order valence-corrected chi connectivity index (χ1v) is 14.6. The van der Waals surface area contributed by atoms with Crippen molar-refractivity contribution in [3.8, 4) is 0 Å². The van der Waals surface area contributed by atoms with Gasteiger partial charge in [0, 0.05) is 41.1 Å². The molecule has 3 heterocycles. The zero-order valence-corrected chi connectivity index (χ0v) is 22.7. The molecule has 2 N–H and O–H groups in total. The summed E-state index contributed by atoms with van der Waals surface area (Å²) in [5.41, 5.74) is 2.26. The maximum Gasteiger partial charge on any atom is 0.176 e. The normalized spacial score (nSPS) is 20.4. The van der Waals surface area contributed by atoms with E-state index in [0.29, 0.717) is 12.2 Å². The van der Waals surface area contributed by atoms with Crippen molar-refractivity contribution < 1.29 is 13.0 Å². The number of likely N-dealkylation sites (tertiary alicyclic amines) is 1. The lowest BCUT2D eigenvalue weighted by Gasteiger charge is -2.38. The van der Waals surface area contributed by atoms with Crippen molar-refractivity contribution in [2.45, 2.75) is 45.6 Å². The first-order chi connectivity index (χ1) is 17.0. The van der Waals surface area contributed by atoms with E-state index in [2.05, 4.69) is 45.1 Å². The molecule has 1 unspecified atom stereocenters. The van der Waals surface area contributed by atoms with Gasteiger partial charge < -0.3 is 4.72 Å². The minimum absolute atomic E-state index is 0.178. The number of anilines is 1. The number of nitrogens with zero attached hydrogens (tertiary/aromatic N) is 2. The van der Waals surface area contributed by atoms with Gasteiger partial charge in [-0.15, -0.1) is 11.3 Å². The van der Waals surface area contributed by atoms with Gasteiger partial charge in [-0.05, 0) is 106 Å². The van der Waals surface area contributed by atoms with Gasteiger partial charge in [0.15, 0.2) is 5.13 Å². The molecule has 1 aliphatic heterocycles. The molecule has 1 aromatic carbocycles. The molecule has 3 aromatic rings. The minimum Gasteiger partial charge on any atom is -0.301 e. The van der Waals surface area contributed by atoms with E-state index in [4.69, 9.17) is 0 Å². The van der Waals surface area contributed by atoms with E-state index >= 15 is 0 Å². The number of hydrogen-bond donors (Lipinski definition) is 2.